The molecule has 0 unspecified atom stereocenters. The number of pyridine rings is 1. The Morgan fingerprint density at radius 3 is 2.80 bits per heavy atom. The predicted molar refractivity (Wildman–Crippen MR) is 97.2 cm³/mol. The molecule has 5 nitrogen and oxygen atoms in total. The number of aromatic hydroxyl groups is 1. The van der Waals surface area contributed by atoms with Crippen LogP contribution in [0.25, 0.3) is 10.9 Å². The zero-order valence-electron chi connectivity index (χ0n) is 14.5. The van der Waals surface area contributed by atoms with E-state index in [2.05, 4.69) is 5.32 Å². The molecule has 1 fully saturated rings. The van der Waals surface area contributed by atoms with Crippen molar-refractivity contribution in [3.8, 4) is 5.75 Å². The summed E-state index contributed by atoms with van der Waals surface area (Å²) in [6.45, 7) is 2.55. The van der Waals surface area contributed by atoms with E-state index in [4.69, 9.17) is 0 Å². The molecule has 1 aromatic carbocycles. The lowest BCUT2D eigenvalue weighted by molar-refractivity contribution is 0.0939. The van der Waals surface area contributed by atoms with E-state index < -0.39 is 5.91 Å². The largest absolute Gasteiger partial charge is 0.506 e. The number of para-hydroxylation sites is 1. The first-order valence-electron chi connectivity index (χ1n) is 9.25. The highest BCUT2D eigenvalue weighted by Gasteiger charge is 2.29. The number of hydrogen-bond acceptors (Lipinski definition) is 3. The van der Waals surface area contributed by atoms with Crippen LogP contribution in [0.2, 0.25) is 0 Å². The maximum Gasteiger partial charge on any atom is 0.267 e. The summed E-state index contributed by atoms with van der Waals surface area (Å²) < 4.78 is 1.67. The second-order valence-corrected chi connectivity index (χ2v) is 7.48. The topological polar surface area (TPSA) is 71.3 Å². The number of aromatic nitrogens is 1. The van der Waals surface area contributed by atoms with Gasteiger partial charge in [-0.2, -0.15) is 0 Å². The number of nitrogens with one attached hydrogen (secondary N) is 1. The Morgan fingerprint density at radius 1 is 1.28 bits per heavy atom. The van der Waals surface area contributed by atoms with Crippen molar-refractivity contribution in [3.63, 3.8) is 0 Å². The monoisotopic (exact) mass is 340 g/mol. The van der Waals surface area contributed by atoms with Gasteiger partial charge in [-0.15, -0.1) is 0 Å². The normalized spacial score (nSPS) is 20.1. The van der Waals surface area contributed by atoms with Crippen molar-refractivity contribution in [2.45, 2.75) is 51.5 Å². The van der Waals surface area contributed by atoms with Crippen LogP contribution in [0.1, 0.15) is 61.0 Å². The quantitative estimate of drug-likeness (QED) is 0.902. The van der Waals surface area contributed by atoms with Gasteiger partial charge in [-0.1, -0.05) is 31.4 Å². The minimum atomic E-state index is -0.455. The molecule has 0 radical (unpaired) electrons. The van der Waals surface area contributed by atoms with Gasteiger partial charge in [-0.25, -0.2) is 0 Å². The van der Waals surface area contributed by atoms with Gasteiger partial charge < -0.3 is 15.0 Å². The molecular weight excluding hydrogens is 316 g/mol. The van der Waals surface area contributed by atoms with E-state index in [9.17, 15) is 14.7 Å². The van der Waals surface area contributed by atoms with E-state index in [-0.39, 0.29) is 22.9 Å². The zero-order chi connectivity index (χ0) is 17.6. The number of nitrogens with zero attached hydrogens (tertiary/aromatic N) is 1. The highest BCUT2D eigenvalue weighted by molar-refractivity contribution is 6.03. The molecule has 2 aromatic rings. The highest BCUT2D eigenvalue weighted by atomic mass is 16.3. The Morgan fingerprint density at radius 2 is 2.04 bits per heavy atom. The van der Waals surface area contributed by atoms with Crippen LogP contribution >= 0.6 is 0 Å². The van der Waals surface area contributed by atoms with Gasteiger partial charge in [0, 0.05) is 18.0 Å². The third-order valence-electron chi connectivity index (χ3n) is 5.74. The third kappa shape index (κ3) is 2.62. The van der Waals surface area contributed by atoms with Crippen LogP contribution in [0.15, 0.2) is 23.0 Å². The second kappa shape index (κ2) is 6.21. The Bertz CT molecular complexity index is 894. The molecule has 1 amide bonds. The SMILES string of the molecule is C[C@H]1Cc2cccc3c(O)c(C(=O)NCC4CCCCC4)c(=O)n1c23. The van der Waals surface area contributed by atoms with Crippen molar-refractivity contribution in [2.24, 2.45) is 5.92 Å². The molecule has 132 valence electrons. The molecule has 1 saturated carbocycles. The van der Waals surface area contributed by atoms with Crippen LogP contribution in [0.4, 0.5) is 0 Å². The Hall–Kier alpha value is -2.30. The van der Waals surface area contributed by atoms with Crippen LogP contribution in [-0.4, -0.2) is 22.1 Å². The van der Waals surface area contributed by atoms with Crippen molar-refractivity contribution in [3.05, 3.63) is 39.7 Å². The van der Waals surface area contributed by atoms with Gasteiger partial charge in [-0.3, -0.25) is 9.59 Å². The lowest BCUT2D eigenvalue weighted by atomic mass is 9.89. The molecule has 0 spiro atoms. The van der Waals surface area contributed by atoms with Gasteiger partial charge in [-0.05, 0) is 43.7 Å². The second-order valence-electron chi connectivity index (χ2n) is 7.48. The molecule has 2 N–H and O–H groups in total. The first kappa shape index (κ1) is 16.2. The van der Waals surface area contributed by atoms with E-state index in [0.717, 1.165) is 30.3 Å². The molecule has 0 bridgehead atoms. The smallest absolute Gasteiger partial charge is 0.267 e. The number of hydrogen-bond donors (Lipinski definition) is 2. The van der Waals surface area contributed by atoms with E-state index >= 15 is 0 Å². The maximum atomic E-state index is 12.9. The fraction of sp³-hybridized carbons (Fsp3) is 0.500. The molecule has 1 atom stereocenters. The lowest BCUT2D eigenvalue weighted by Gasteiger charge is -2.22. The zero-order valence-corrected chi connectivity index (χ0v) is 14.5. The molecule has 25 heavy (non-hydrogen) atoms. The van der Waals surface area contributed by atoms with Crippen molar-refractivity contribution >= 4 is 16.8 Å². The van der Waals surface area contributed by atoms with Crippen LogP contribution < -0.4 is 10.9 Å². The summed E-state index contributed by atoms with van der Waals surface area (Å²) in [5.74, 6) is -0.166. The van der Waals surface area contributed by atoms with Gasteiger partial charge in [0.2, 0.25) is 0 Å². The summed E-state index contributed by atoms with van der Waals surface area (Å²) in [5, 5.41) is 14.1. The molecular formula is C20H24N2O3. The fourth-order valence-corrected chi connectivity index (χ4v) is 4.44. The molecule has 1 aromatic heterocycles. The van der Waals surface area contributed by atoms with Crippen molar-refractivity contribution in [1.82, 2.24) is 9.88 Å². The van der Waals surface area contributed by atoms with Crippen LogP contribution in [0, 0.1) is 5.92 Å². The van der Waals surface area contributed by atoms with Gasteiger partial charge in [0.15, 0.2) is 0 Å². The van der Waals surface area contributed by atoms with Crippen LogP contribution in [0.3, 0.4) is 0 Å². The Balaban J connectivity index is 1.71. The molecule has 2 aliphatic rings. The van der Waals surface area contributed by atoms with E-state index in [1.807, 2.05) is 19.1 Å². The fourth-order valence-electron chi connectivity index (χ4n) is 4.44. The summed E-state index contributed by atoms with van der Waals surface area (Å²) in [7, 11) is 0. The molecule has 5 heteroatoms. The van der Waals surface area contributed by atoms with E-state index in [1.54, 1.807) is 10.6 Å². The molecule has 2 heterocycles. The summed E-state index contributed by atoms with van der Waals surface area (Å²) in [6, 6.07) is 5.62. The number of amides is 1. The van der Waals surface area contributed by atoms with Crippen molar-refractivity contribution < 1.29 is 9.90 Å². The van der Waals surface area contributed by atoms with Crippen molar-refractivity contribution in [2.75, 3.05) is 6.54 Å². The maximum absolute atomic E-state index is 12.9. The predicted octanol–water partition coefficient (Wildman–Crippen LogP) is 3.13. The van der Waals surface area contributed by atoms with Gasteiger partial charge >= 0.3 is 0 Å². The summed E-state index contributed by atoms with van der Waals surface area (Å²) in [6.07, 6.45) is 6.66. The first-order valence-corrected chi connectivity index (χ1v) is 9.25. The van der Waals surface area contributed by atoms with Gasteiger partial charge in [0.05, 0.1) is 5.52 Å². The molecule has 0 saturated heterocycles. The Labute approximate surface area is 146 Å². The first-order chi connectivity index (χ1) is 12.1. The van der Waals surface area contributed by atoms with Gasteiger partial charge in [0.25, 0.3) is 11.5 Å². The average Bonchev–Trinajstić information content (AvgIpc) is 2.96. The van der Waals surface area contributed by atoms with E-state index in [0.29, 0.717) is 17.8 Å². The molecule has 1 aliphatic heterocycles. The van der Waals surface area contributed by atoms with Gasteiger partial charge in [0.1, 0.15) is 11.3 Å². The molecule has 1 aliphatic carbocycles. The average molecular weight is 340 g/mol. The summed E-state index contributed by atoms with van der Waals surface area (Å²) in [4.78, 5) is 25.6. The lowest BCUT2D eigenvalue weighted by Crippen LogP contribution is -2.36. The molecule has 4 rings (SSSR count). The summed E-state index contributed by atoms with van der Waals surface area (Å²) in [5.41, 5.74) is 1.31. The van der Waals surface area contributed by atoms with E-state index in [1.165, 1.54) is 19.3 Å². The number of carbonyl (C=O) groups excluding carboxylic acids is 1. The standard InChI is InChI=1S/C20H24N2O3/c1-12-10-14-8-5-9-15-17(14)22(12)20(25)16(18(15)23)19(24)21-11-13-6-3-2-4-7-13/h5,8-9,12-13,23H,2-4,6-7,10-11H2,1H3,(H,21,24)/t12-/m0/s1. The third-order valence-corrected chi connectivity index (χ3v) is 5.74. The minimum absolute atomic E-state index is 0.00195. The van der Waals surface area contributed by atoms with Crippen LogP contribution in [0.5, 0.6) is 5.75 Å². The number of carbonyl (C=O) groups is 1. The van der Waals surface area contributed by atoms with Crippen LogP contribution in [-0.2, 0) is 6.42 Å². The van der Waals surface area contributed by atoms with Crippen molar-refractivity contribution in [1.29, 1.82) is 0 Å². The minimum Gasteiger partial charge on any atom is -0.506 e. The number of benzene rings is 1. The number of rotatable bonds is 3. The Kier molecular flexibility index (Phi) is 4.02. The highest BCUT2D eigenvalue weighted by Crippen LogP contribution is 2.36. The summed E-state index contributed by atoms with van der Waals surface area (Å²) >= 11 is 0.